The van der Waals surface area contributed by atoms with Crippen molar-refractivity contribution in [1.82, 2.24) is 29.5 Å². The molecule has 63 heavy (non-hydrogen) atoms. The van der Waals surface area contributed by atoms with Crippen molar-refractivity contribution in [3.05, 3.63) is 89.7 Å². The number of amides is 3. The van der Waals surface area contributed by atoms with Gasteiger partial charge in [0.1, 0.15) is 16.0 Å². The molecule has 3 amide bonds. The van der Waals surface area contributed by atoms with Crippen molar-refractivity contribution in [2.24, 2.45) is 4.99 Å². The van der Waals surface area contributed by atoms with E-state index in [2.05, 4.69) is 35.8 Å². The fraction of sp³-hybridized carbons (Fsp3) is 0.400. The summed E-state index contributed by atoms with van der Waals surface area (Å²) < 4.78 is 22.4. The van der Waals surface area contributed by atoms with Crippen LogP contribution in [0.4, 0.5) is 16.2 Å². The summed E-state index contributed by atoms with van der Waals surface area (Å²) in [6, 6.07) is 18.9. The Hall–Kier alpha value is -5.75. The second-order valence-electron chi connectivity index (χ2n) is 16.3. The highest BCUT2D eigenvalue weighted by molar-refractivity contribution is 8.00. The molecule has 8 rings (SSSR count). The molecule has 0 saturated carbocycles. The number of nitrogens with zero attached hydrogens (tertiary/aromatic N) is 6. The lowest BCUT2D eigenvalue weighted by molar-refractivity contribution is -0.135. The second-order valence-corrected chi connectivity index (χ2v) is 18.0. The molecular formula is C45H52ClN9O7S. The summed E-state index contributed by atoms with van der Waals surface area (Å²) in [7, 11) is 3.11. The predicted octanol–water partition coefficient (Wildman–Crippen LogP) is 7.33. The number of carbonyl (C=O) groups is 3. The zero-order valence-electron chi connectivity index (χ0n) is 36.4. The Kier molecular flexibility index (Phi) is 13.6. The van der Waals surface area contributed by atoms with Gasteiger partial charge in [0.25, 0.3) is 5.91 Å². The number of aromatic nitrogens is 4. The molecule has 6 heterocycles. The molecule has 3 N–H and O–H groups in total. The normalized spacial score (nSPS) is 19.5. The van der Waals surface area contributed by atoms with Crippen LogP contribution >= 0.6 is 23.5 Å². The molecule has 16 nitrogen and oxygen atoms in total. The fourth-order valence-electron chi connectivity index (χ4n) is 7.60. The molecule has 0 spiro atoms. The number of fused-ring (bicyclic) bond motifs is 2. The number of H-pyrrole nitrogens is 1. The Morgan fingerprint density at radius 3 is 2.25 bits per heavy atom. The largest absolute Gasteiger partial charge is 0.481 e. The van der Waals surface area contributed by atoms with Crippen molar-refractivity contribution in [2.75, 3.05) is 63.9 Å². The first-order valence-corrected chi connectivity index (χ1v) is 22.1. The highest BCUT2D eigenvalue weighted by atomic mass is 35.5. The van der Waals surface area contributed by atoms with Crippen LogP contribution in [0.5, 0.6) is 11.8 Å². The molecule has 3 aliphatic heterocycles. The Morgan fingerprint density at radius 1 is 0.889 bits per heavy atom. The minimum absolute atomic E-state index is 0.117. The topological polar surface area (TPSA) is 185 Å². The lowest BCUT2D eigenvalue weighted by Gasteiger charge is -2.28. The molecule has 18 heteroatoms. The third-order valence-electron chi connectivity index (χ3n) is 11.0. The number of rotatable bonds is 11. The van der Waals surface area contributed by atoms with Crippen LogP contribution < -0.4 is 20.1 Å². The summed E-state index contributed by atoms with van der Waals surface area (Å²) in [6.45, 7) is 10.3. The van der Waals surface area contributed by atoms with Gasteiger partial charge >= 0.3 is 6.09 Å². The molecule has 3 aromatic heterocycles. The van der Waals surface area contributed by atoms with Gasteiger partial charge in [-0.1, -0.05) is 6.07 Å². The van der Waals surface area contributed by atoms with Gasteiger partial charge in [-0.25, -0.2) is 19.2 Å². The number of halogens is 1. The number of methoxy groups -OCH3 is 2. The molecule has 5 aromatic rings. The molecule has 2 fully saturated rings. The third-order valence-corrected chi connectivity index (χ3v) is 12.6. The van der Waals surface area contributed by atoms with Crippen molar-refractivity contribution in [3.63, 3.8) is 0 Å². The van der Waals surface area contributed by atoms with Crippen molar-refractivity contribution in [2.45, 2.75) is 63.0 Å². The standard InChI is InChI=1S/C25H30N4O4S.C20H22ClN5O3/c1-24(2,3)33-23(31)29-11-10-25(15-29,34-5)22(30)28-18-8-6-16-13-27-21(19(16)12-18)17-7-9-20(32-4)26-14-17;1-3-29-17-7-4-13(11-22-17)18-15-10-14(5-6-16(15)24-25-18)23-19(27)20(28-2)8-9-26(21)12-20/h6-9,12,14H,10-11,13,15H2,1-5H3,(H,28,30);4-7,10-11H,3,8-9,12H2,1-2H3,(H,23,27)(H,24,25)/t25-;20-/m00/s1. The molecule has 2 aromatic carbocycles. The van der Waals surface area contributed by atoms with E-state index < -0.39 is 15.9 Å². The number of benzene rings is 2. The summed E-state index contributed by atoms with van der Waals surface area (Å²) >= 11 is 7.52. The van der Waals surface area contributed by atoms with Gasteiger partial charge < -0.3 is 34.5 Å². The predicted molar refractivity (Wildman–Crippen MR) is 245 cm³/mol. The summed E-state index contributed by atoms with van der Waals surface area (Å²) in [6.07, 6.45) is 6.08. The molecule has 332 valence electrons. The van der Waals surface area contributed by atoms with Crippen molar-refractivity contribution in [1.29, 1.82) is 0 Å². The summed E-state index contributed by atoms with van der Waals surface area (Å²) in [5, 5.41) is 14.3. The molecule has 0 bridgehead atoms. The van der Waals surface area contributed by atoms with Gasteiger partial charge in [0, 0.05) is 91.1 Å². The van der Waals surface area contributed by atoms with Gasteiger partial charge in [-0.3, -0.25) is 19.7 Å². The first-order chi connectivity index (χ1) is 30.2. The first kappa shape index (κ1) is 45.3. The summed E-state index contributed by atoms with van der Waals surface area (Å²) in [4.78, 5) is 53.7. The van der Waals surface area contributed by atoms with E-state index in [0.29, 0.717) is 75.3 Å². The SMILES string of the molecule is CCOc1ccc(-c2n[nH]c3ccc(NC(=O)[C@]4(OC)CCN(Cl)C4)cc23)cn1.COc1ccc(C2=NCc3ccc(NC(=O)[C@]4(SC)CCN(C(=O)OC(C)(C)C)C4)cc32)cn1. The number of aromatic amines is 1. The monoisotopic (exact) mass is 897 g/mol. The number of hydrogen-bond donors (Lipinski definition) is 3. The number of ether oxygens (including phenoxy) is 4. The van der Waals surface area contributed by atoms with E-state index >= 15 is 0 Å². The van der Waals surface area contributed by atoms with E-state index in [0.717, 1.165) is 44.6 Å². The zero-order valence-corrected chi connectivity index (χ0v) is 38.0. The van der Waals surface area contributed by atoms with Crippen LogP contribution in [0, 0.1) is 0 Å². The van der Waals surface area contributed by atoms with Crippen LogP contribution in [0.3, 0.4) is 0 Å². The number of anilines is 2. The molecule has 2 atom stereocenters. The Morgan fingerprint density at radius 2 is 1.60 bits per heavy atom. The Labute approximate surface area is 375 Å². The van der Waals surface area contributed by atoms with Crippen molar-refractivity contribution >= 4 is 69.4 Å². The Bertz CT molecular complexity index is 2500. The number of hydrogen-bond acceptors (Lipinski definition) is 13. The van der Waals surface area contributed by atoms with E-state index in [1.807, 2.05) is 88.5 Å². The lowest BCUT2D eigenvalue weighted by Crippen LogP contribution is -2.46. The third kappa shape index (κ3) is 10.1. The van der Waals surface area contributed by atoms with Crippen molar-refractivity contribution < 1.29 is 33.3 Å². The minimum Gasteiger partial charge on any atom is -0.481 e. The number of carbonyl (C=O) groups excluding carboxylic acids is 3. The van der Waals surface area contributed by atoms with E-state index in [9.17, 15) is 14.4 Å². The average molecular weight is 898 g/mol. The van der Waals surface area contributed by atoms with Crippen LogP contribution in [0.15, 0.2) is 78.0 Å². The molecule has 0 radical (unpaired) electrons. The minimum atomic E-state index is -0.949. The van der Waals surface area contributed by atoms with Gasteiger partial charge in [-0.05, 0) is 100 Å². The maximum absolute atomic E-state index is 13.4. The van der Waals surface area contributed by atoms with E-state index in [1.165, 1.54) is 18.9 Å². The number of aliphatic imine (C=N–C) groups is 1. The van der Waals surface area contributed by atoms with Crippen molar-refractivity contribution in [3.8, 4) is 23.0 Å². The van der Waals surface area contributed by atoms with Gasteiger partial charge in [0.2, 0.25) is 17.7 Å². The van der Waals surface area contributed by atoms with Gasteiger partial charge in [0.15, 0.2) is 5.60 Å². The maximum Gasteiger partial charge on any atom is 0.410 e. The van der Waals surface area contributed by atoms with E-state index in [-0.39, 0.29) is 17.9 Å². The first-order valence-electron chi connectivity index (χ1n) is 20.6. The summed E-state index contributed by atoms with van der Waals surface area (Å²) in [5.41, 5.74) is 6.11. The van der Waals surface area contributed by atoms with Crippen LogP contribution in [-0.4, -0.2) is 122 Å². The van der Waals surface area contributed by atoms with E-state index in [4.69, 9.17) is 30.7 Å². The van der Waals surface area contributed by atoms with E-state index in [1.54, 1.807) is 34.9 Å². The molecule has 3 aliphatic rings. The number of nitrogens with one attached hydrogen (secondary N) is 3. The second kappa shape index (κ2) is 18.9. The molecular weight excluding hydrogens is 846 g/mol. The highest BCUT2D eigenvalue weighted by Gasteiger charge is 2.47. The summed E-state index contributed by atoms with van der Waals surface area (Å²) in [5.74, 6) is 0.783. The van der Waals surface area contributed by atoms with Crippen LogP contribution in [0.25, 0.3) is 22.2 Å². The van der Waals surface area contributed by atoms with Crippen LogP contribution in [0.2, 0.25) is 0 Å². The van der Waals surface area contributed by atoms with Crippen LogP contribution in [0.1, 0.15) is 57.2 Å². The molecule has 0 aliphatic carbocycles. The van der Waals surface area contributed by atoms with Gasteiger partial charge in [-0.2, -0.15) is 5.10 Å². The number of pyridine rings is 2. The molecule has 2 saturated heterocycles. The highest BCUT2D eigenvalue weighted by Crippen LogP contribution is 2.37. The molecule has 0 unspecified atom stereocenters. The number of likely N-dealkylation sites (tertiary alicyclic amines) is 1. The fourth-order valence-corrected chi connectivity index (χ4v) is 8.69. The quantitative estimate of drug-likeness (QED) is 0.112. The number of thioether (sulfide) groups is 1. The van der Waals surface area contributed by atoms with Gasteiger partial charge in [0.05, 0.1) is 38.0 Å². The lowest BCUT2D eigenvalue weighted by atomic mass is 10.00. The average Bonchev–Trinajstić information content (AvgIpc) is 4.09. The van der Waals surface area contributed by atoms with Gasteiger partial charge in [-0.15, -0.1) is 11.8 Å². The maximum atomic E-state index is 13.4. The zero-order chi connectivity index (χ0) is 44.9. The van der Waals surface area contributed by atoms with Crippen LogP contribution in [-0.2, 0) is 25.6 Å². The smallest absolute Gasteiger partial charge is 0.410 e. The Balaban J connectivity index is 0.000000191.